The standard InChI is InChI=1S/C21H16N2O2S2/c24-20-19(27-21(26)22-20)13-15-5-9-18(10-6-15)25-14-16-3-7-17(8-4-16)23-11-1-2-12-23/h1-13H,14H2,(H,22,24,26). The van der Waals surface area contributed by atoms with E-state index in [0.29, 0.717) is 15.8 Å². The van der Waals surface area contributed by atoms with Crippen molar-refractivity contribution in [3.8, 4) is 11.4 Å². The van der Waals surface area contributed by atoms with Crippen molar-refractivity contribution in [3.05, 3.63) is 89.1 Å². The van der Waals surface area contributed by atoms with Crippen LogP contribution in [0.15, 0.2) is 78.0 Å². The molecule has 27 heavy (non-hydrogen) atoms. The number of nitrogens with zero attached hydrogens (tertiary/aromatic N) is 1. The molecule has 2 aromatic carbocycles. The fourth-order valence-corrected chi connectivity index (χ4v) is 3.71. The molecule has 1 aliphatic heterocycles. The Morgan fingerprint density at radius 1 is 1.04 bits per heavy atom. The lowest BCUT2D eigenvalue weighted by Gasteiger charge is -2.08. The van der Waals surface area contributed by atoms with E-state index in [1.165, 1.54) is 11.8 Å². The first-order valence-electron chi connectivity index (χ1n) is 8.37. The number of thioether (sulfide) groups is 1. The molecular formula is C21H16N2O2S2. The fraction of sp³-hybridized carbons (Fsp3) is 0.0476. The highest BCUT2D eigenvalue weighted by Crippen LogP contribution is 2.26. The lowest BCUT2D eigenvalue weighted by molar-refractivity contribution is -0.115. The number of amides is 1. The molecule has 0 saturated carbocycles. The largest absolute Gasteiger partial charge is 0.489 e. The molecule has 0 atom stereocenters. The van der Waals surface area contributed by atoms with Crippen molar-refractivity contribution in [2.75, 3.05) is 0 Å². The van der Waals surface area contributed by atoms with E-state index in [4.69, 9.17) is 17.0 Å². The Bertz CT molecular complexity index is 992. The summed E-state index contributed by atoms with van der Waals surface area (Å²) < 4.78 is 8.41. The first-order valence-corrected chi connectivity index (χ1v) is 9.60. The van der Waals surface area contributed by atoms with Gasteiger partial charge in [0, 0.05) is 18.1 Å². The summed E-state index contributed by atoms with van der Waals surface area (Å²) in [6.45, 7) is 0.499. The van der Waals surface area contributed by atoms with Gasteiger partial charge in [-0.05, 0) is 53.6 Å². The minimum atomic E-state index is -0.145. The lowest BCUT2D eigenvalue weighted by atomic mass is 10.2. The molecule has 1 fully saturated rings. The van der Waals surface area contributed by atoms with Crippen molar-refractivity contribution >= 4 is 40.3 Å². The van der Waals surface area contributed by atoms with Crippen LogP contribution in [0.5, 0.6) is 5.75 Å². The molecule has 134 valence electrons. The van der Waals surface area contributed by atoms with Gasteiger partial charge in [0.25, 0.3) is 5.91 Å². The van der Waals surface area contributed by atoms with Crippen LogP contribution in [-0.2, 0) is 11.4 Å². The number of nitrogens with one attached hydrogen (secondary N) is 1. The van der Waals surface area contributed by atoms with E-state index in [1.54, 1.807) is 0 Å². The Kier molecular flexibility index (Phi) is 5.09. The molecule has 0 bridgehead atoms. The van der Waals surface area contributed by atoms with Gasteiger partial charge in [0.05, 0.1) is 4.91 Å². The zero-order valence-electron chi connectivity index (χ0n) is 14.3. The number of carbonyl (C=O) groups excluding carboxylic acids is 1. The molecule has 6 heteroatoms. The summed E-state index contributed by atoms with van der Waals surface area (Å²) >= 11 is 6.27. The van der Waals surface area contributed by atoms with Gasteiger partial charge in [-0.3, -0.25) is 4.79 Å². The monoisotopic (exact) mass is 392 g/mol. The first-order chi connectivity index (χ1) is 13.2. The fourth-order valence-electron chi connectivity index (χ4n) is 2.67. The van der Waals surface area contributed by atoms with Crippen LogP contribution in [0.1, 0.15) is 11.1 Å². The molecule has 0 spiro atoms. The predicted molar refractivity (Wildman–Crippen MR) is 113 cm³/mol. The van der Waals surface area contributed by atoms with Crippen LogP contribution in [0.2, 0.25) is 0 Å². The van der Waals surface area contributed by atoms with Crippen LogP contribution < -0.4 is 10.1 Å². The predicted octanol–water partition coefficient (Wildman–Crippen LogP) is 4.55. The highest BCUT2D eigenvalue weighted by atomic mass is 32.2. The van der Waals surface area contributed by atoms with Crippen LogP contribution in [0.25, 0.3) is 11.8 Å². The molecule has 4 rings (SSSR count). The molecular weight excluding hydrogens is 376 g/mol. The number of rotatable bonds is 5. The molecule has 2 heterocycles. The molecule has 4 nitrogen and oxygen atoms in total. The van der Waals surface area contributed by atoms with Crippen molar-refractivity contribution < 1.29 is 9.53 Å². The Balaban J connectivity index is 1.37. The maximum absolute atomic E-state index is 11.7. The molecule has 1 aliphatic rings. The number of ether oxygens (including phenoxy) is 1. The van der Waals surface area contributed by atoms with Crippen LogP contribution in [-0.4, -0.2) is 14.8 Å². The highest BCUT2D eigenvalue weighted by Gasteiger charge is 2.21. The minimum Gasteiger partial charge on any atom is -0.489 e. The second-order valence-corrected chi connectivity index (χ2v) is 7.69. The van der Waals surface area contributed by atoms with Gasteiger partial charge in [-0.1, -0.05) is 48.2 Å². The second-order valence-electron chi connectivity index (χ2n) is 5.97. The van der Waals surface area contributed by atoms with Crippen molar-refractivity contribution in [1.82, 2.24) is 9.88 Å². The topological polar surface area (TPSA) is 43.3 Å². The zero-order chi connectivity index (χ0) is 18.6. The van der Waals surface area contributed by atoms with Crippen molar-refractivity contribution in [2.24, 2.45) is 0 Å². The van der Waals surface area contributed by atoms with E-state index < -0.39 is 0 Å². The number of hydrogen-bond donors (Lipinski definition) is 1. The van der Waals surface area contributed by atoms with Gasteiger partial charge in [-0.2, -0.15) is 0 Å². The number of thiocarbonyl (C=S) groups is 1. The number of benzene rings is 2. The van der Waals surface area contributed by atoms with Gasteiger partial charge >= 0.3 is 0 Å². The molecule has 1 amide bonds. The van der Waals surface area contributed by atoms with Crippen LogP contribution in [0, 0.1) is 0 Å². The maximum atomic E-state index is 11.7. The molecule has 1 aromatic heterocycles. The van der Waals surface area contributed by atoms with Crippen LogP contribution in [0.3, 0.4) is 0 Å². The average Bonchev–Trinajstić information content (AvgIpc) is 3.32. The van der Waals surface area contributed by atoms with Gasteiger partial charge in [0.2, 0.25) is 0 Å². The van der Waals surface area contributed by atoms with E-state index in [2.05, 4.69) is 34.1 Å². The first kappa shape index (κ1) is 17.6. The zero-order valence-corrected chi connectivity index (χ0v) is 15.9. The van der Waals surface area contributed by atoms with Gasteiger partial charge in [0.15, 0.2) is 0 Å². The summed E-state index contributed by atoms with van der Waals surface area (Å²) in [5.41, 5.74) is 3.15. The third-order valence-electron chi connectivity index (χ3n) is 4.06. The average molecular weight is 393 g/mol. The summed E-state index contributed by atoms with van der Waals surface area (Å²) in [5, 5.41) is 2.61. The van der Waals surface area contributed by atoms with Crippen molar-refractivity contribution in [1.29, 1.82) is 0 Å². The van der Waals surface area contributed by atoms with E-state index in [9.17, 15) is 4.79 Å². The SMILES string of the molecule is O=C1NC(=S)SC1=Cc1ccc(OCc2ccc(-n3cccc3)cc2)cc1. The van der Waals surface area contributed by atoms with E-state index in [0.717, 1.165) is 22.6 Å². The second kappa shape index (κ2) is 7.82. The van der Waals surface area contributed by atoms with Crippen LogP contribution >= 0.6 is 24.0 Å². The molecule has 1 saturated heterocycles. The van der Waals surface area contributed by atoms with E-state index in [-0.39, 0.29) is 5.91 Å². The van der Waals surface area contributed by atoms with Crippen molar-refractivity contribution in [3.63, 3.8) is 0 Å². The Morgan fingerprint density at radius 2 is 1.74 bits per heavy atom. The quantitative estimate of drug-likeness (QED) is 0.511. The summed E-state index contributed by atoms with van der Waals surface area (Å²) in [6.07, 6.45) is 5.86. The van der Waals surface area contributed by atoms with E-state index >= 15 is 0 Å². The van der Waals surface area contributed by atoms with Crippen molar-refractivity contribution in [2.45, 2.75) is 6.61 Å². The normalized spacial score (nSPS) is 15.2. The smallest absolute Gasteiger partial charge is 0.263 e. The minimum absolute atomic E-state index is 0.145. The number of aromatic nitrogens is 1. The Labute approximate surface area is 166 Å². The third kappa shape index (κ3) is 4.30. The van der Waals surface area contributed by atoms with Gasteiger partial charge in [-0.15, -0.1) is 0 Å². The number of hydrogen-bond acceptors (Lipinski definition) is 4. The Morgan fingerprint density at radius 3 is 2.37 bits per heavy atom. The highest BCUT2D eigenvalue weighted by molar-refractivity contribution is 8.26. The molecule has 3 aromatic rings. The van der Waals surface area contributed by atoms with Crippen LogP contribution in [0.4, 0.5) is 0 Å². The molecule has 0 unspecified atom stereocenters. The lowest BCUT2D eigenvalue weighted by Crippen LogP contribution is -2.17. The summed E-state index contributed by atoms with van der Waals surface area (Å²) in [4.78, 5) is 12.3. The van der Waals surface area contributed by atoms with Gasteiger partial charge < -0.3 is 14.6 Å². The summed E-state index contributed by atoms with van der Waals surface area (Å²) in [5.74, 6) is 0.638. The molecule has 1 N–H and O–H groups in total. The molecule has 0 radical (unpaired) electrons. The van der Waals surface area contributed by atoms with Gasteiger partial charge in [-0.25, -0.2) is 0 Å². The van der Waals surface area contributed by atoms with Gasteiger partial charge in [0.1, 0.15) is 16.7 Å². The third-order valence-corrected chi connectivity index (χ3v) is 5.23. The Hall–Kier alpha value is -2.83. The number of carbonyl (C=O) groups is 1. The summed E-state index contributed by atoms with van der Waals surface area (Å²) in [7, 11) is 0. The maximum Gasteiger partial charge on any atom is 0.263 e. The molecule has 0 aliphatic carbocycles. The summed E-state index contributed by atoms with van der Waals surface area (Å²) in [6, 6.07) is 19.9. The van der Waals surface area contributed by atoms with E-state index in [1.807, 2.05) is 54.9 Å².